The van der Waals surface area contributed by atoms with Crippen molar-refractivity contribution >= 4 is 35.0 Å². The number of hydrogen-bond acceptors (Lipinski definition) is 6. The van der Waals surface area contributed by atoms with Gasteiger partial charge >= 0.3 is 0 Å². The minimum absolute atomic E-state index is 0.365. The van der Waals surface area contributed by atoms with Crippen LogP contribution in [0.4, 0.5) is 11.6 Å². The number of aromatic nitrogens is 2. The van der Waals surface area contributed by atoms with Gasteiger partial charge in [0.25, 0.3) is 0 Å². The molecule has 21 heavy (non-hydrogen) atoms. The first-order valence-corrected chi connectivity index (χ1v) is 7.89. The topological polar surface area (TPSA) is 89.9 Å². The molecule has 110 valence electrons. The van der Waals surface area contributed by atoms with E-state index in [4.69, 9.17) is 23.1 Å². The minimum atomic E-state index is 0.365. The fourth-order valence-corrected chi connectivity index (χ4v) is 3.11. The molecule has 0 bridgehead atoms. The van der Waals surface area contributed by atoms with E-state index in [9.17, 15) is 0 Å². The Kier molecular flexibility index (Phi) is 4.19. The van der Waals surface area contributed by atoms with Crippen molar-refractivity contribution in [2.45, 2.75) is 35.5 Å². The van der Waals surface area contributed by atoms with Crippen molar-refractivity contribution in [3.8, 4) is 0 Å². The maximum Gasteiger partial charge on any atom is 0.196 e. The number of benzene rings is 1. The SMILES string of the molecule is Nc1cc(N)nc(Sc2cc(Cl)ccc2CNC2CC2)n1. The van der Waals surface area contributed by atoms with Gasteiger partial charge in [-0.25, -0.2) is 9.97 Å². The highest BCUT2D eigenvalue weighted by Crippen LogP contribution is 2.32. The molecule has 1 aliphatic rings. The van der Waals surface area contributed by atoms with Crippen molar-refractivity contribution in [2.24, 2.45) is 0 Å². The lowest BCUT2D eigenvalue weighted by atomic mass is 10.2. The fourth-order valence-electron chi connectivity index (χ4n) is 1.92. The van der Waals surface area contributed by atoms with Crippen molar-refractivity contribution in [1.29, 1.82) is 0 Å². The van der Waals surface area contributed by atoms with Crippen LogP contribution in [0.1, 0.15) is 18.4 Å². The normalized spacial score (nSPS) is 14.3. The molecule has 0 spiro atoms. The largest absolute Gasteiger partial charge is 0.383 e. The van der Waals surface area contributed by atoms with Crippen molar-refractivity contribution in [2.75, 3.05) is 11.5 Å². The summed E-state index contributed by atoms with van der Waals surface area (Å²) < 4.78 is 0. The Morgan fingerprint density at radius 1 is 1.19 bits per heavy atom. The molecule has 5 nitrogen and oxygen atoms in total. The summed E-state index contributed by atoms with van der Waals surface area (Å²) in [5.74, 6) is 0.731. The van der Waals surface area contributed by atoms with Gasteiger partial charge in [0.15, 0.2) is 5.16 Å². The number of nitrogens with zero attached hydrogens (tertiary/aromatic N) is 2. The van der Waals surface area contributed by atoms with Gasteiger partial charge in [-0.3, -0.25) is 0 Å². The third kappa shape index (κ3) is 4.00. The van der Waals surface area contributed by atoms with Gasteiger partial charge in [0.2, 0.25) is 0 Å². The average molecular weight is 322 g/mol. The molecule has 1 aromatic heterocycles. The van der Waals surface area contributed by atoms with E-state index in [0.717, 1.165) is 11.4 Å². The second kappa shape index (κ2) is 6.09. The van der Waals surface area contributed by atoms with Crippen LogP contribution in [-0.4, -0.2) is 16.0 Å². The van der Waals surface area contributed by atoms with Crippen LogP contribution in [0.2, 0.25) is 5.02 Å². The quantitative estimate of drug-likeness (QED) is 0.734. The van der Waals surface area contributed by atoms with Gasteiger partial charge in [-0.2, -0.15) is 0 Å². The summed E-state index contributed by atoms with van der Waals surface area (Å²) in [5.41, 5.74) is 12.6. The van der Waals surface area contributed by atoms with Gasteiger partial charge < -0.3 is 16.8 Å². The van der Waals surface area contributed by atoms with Gasteiger partial charge in [-0.1, -0.05) is 17.7 Å². The molecule has 0 atom stereocenters. The van der Waals surface area contributed by atoms with Crippen LogP contribution in [0.25, 0.3) is 0 Å². The monoisotopic (exact) mass is 321 g/mol. The van der Waals surface area contributed by atoms with E-state index in [1.54, 1.807) is 0 Å². The van der Waals surface area contributed by atoms with Gasteiger partial charge in [-0.15, -0.1) is 0 Å². The molecule has 2 aromatic rings. The summed E-state index contributed by atoms with van der Waals surface area (Å²) in [6.07, 6.45) is 2.51. The summed E-state index contributed by atoms with van der Waals surface area (Å²) in [7, 11) is 0. The van der Waals surface area contributed by atoms with Crippen molar-refractivity contribution in [1.82, 2.24) is 15.3 Å². The summed E-state index contributed by atoms with van der Waals surface area (Å²) >= 11 is 7.52. The lowest BCUT2D eigenvalue weighted by Crippen LogP contribution is -2.15. The first-order valence-electron chi connectivity index (χ1n) is 6.70. The standard InChI is InChI=1S/C14H16ClN5S/c15-9-2-1-8(7-18-10-3-4-10)11(5-9)21-14-19-12(16)6-13(17)20-14/h1-2,5-6,10,18H,3-4,7H2,(H4,16,17,19,20). The Morgan fingerprint density at radius 2 is 1.90 bits per heavy atom. The lowest BCUT2D eigenvalue weighted by Gasteiger charge is -2.10. The molecule has 7 heteroatoms. The number of hydrogen-bond donors (Lipinski definition) is 3. The van der Waals surface area contributed by atoms with E-state index in [0.29, 0.717) is 27.9 Å². The molecular weight excluding hydrogens is 306 g/mol. The van der Waals surface area contributed by atoms with E-state index >= 15 is 0 Å². The molecule has 1 fully saturated rings. The second-order valence-corrected chi connectivity index (χ2v) is 6.46. The smallest absolute Gasteiger partial charge is 0.196 e. The van der Waals surface area contributed by atoms with Crippen LogP contribution < -0.4 is 16.8 Å². The van der Waals surface area contributed by atoms with Crippen molar-refractivity contribution < 1.29 is 0 Å². The average Bonchev–Trinajstić information content (AvgIpc) is 3.20. The maximum absolute atomic E-state index is 6.10. The summed E-state index contributed by atoms with van der Waals surface area (Å²) in [5, 5.41) is 4.71. The molecule has 1 heterocycles. The van der Waals surface area contributed by atoms with E-state index in [1.165, 1.54) is 36.2 Å². The van der Waals surface area contributed by atoms with Gasteiger partial charge in [-0.05, 0) is 42.3 Å². The van der Waals surface area contributed by atoms with E-state index in [2.05, 4.69) is 15.3 Å². The molecule has 0 unspecified atom stereocenters. The van der Waals surface area contributed by atoms with Crippen LogP contribution in [0, 0.1) is 0 Å². The maximum atomic E-state index is 6.10. The third-order valence-electron chi connectivity index (χ3n) is 3.13. The molecule has 0 saturated heterocycles. The zero-order valence-electron chi connectivity index (χ0n) is 11.3. The zero-order chi connectivity index (χ0) is 14.8. The number of nitrogens with one attached hydrogen (secondary N) is 1. The minimum Gasteiger partial charge on any atom is -0.383 e. The Morgan fingerprint density at radius 3 is 2.57 bits per heavy atom. The van der Waals surface area contributed by atoms with Crippen LogP contribution in [0.3, 0.4) is 0 Å². The molecule has 0 aliphatic heterocycles. The predicted molar refractivity (Wildman–Crippen MR) is 86.3 cm³/mol. The number of rotatable bonds is 5. The highest BCUT2D eigenvalue weighted by molar-refractivity contribution is 7.99. The Balaban J connectivity index is 1.83. The molecule has 0 amide bonds. The van der Waals surface area contributed by atoms with Crippen molar-refractivity contribution in [3.63, 3.8) is 0 Å². The Hall–Kier alpha value is -1.50. The van der Waals surface area contributed by atoms with E-state index < -0.39 is 0 Å². The number of nitrogens with two attached hydrogens (primary N) is 2. The summed E-state index contributed by atoms with van der Waals surface area (Å²) in [4.78, 5) is 9.40. The van der Waals surface area contributed by atoms with E-state index in [1.807, 2.05) is 18.2 Å². The molecule has 3 rings (SSSR count). The molecule has 1 aliphatic carbocycles. The van der Waals surface area contributed by atoms with Gasteiger partial charge in [0.05, 0.1) is 0 Å². The third-order valence-corrected chi connectivity index (χ3v) is 4.33. The molecule has 5 N–H and O–H groups in total. The van der Waals surface area contributed by atoms with Gasteiger partial charge in [0.1, 0.15) is 11.6 Å². The first-order chi connectivity index (χ1) is 10.1. The fraction of sp³-hybridized carbons (Fsp3) is 0.286. The number of halogens is 1. The summed E-state index contributed by atoms with van der Waals surface area (Å²) in [6, 6.07) is 8.02. The highest BCUT2D eigenvalue weighted by atomic mass is 35.5. The zero-order valence-corrected chi connectivity index (χ0v) is 12.9. The Labute approximate surface area is 132 Å². The molecule has 0 radical (unpaired) electrons. The van der Waals surface area contributed by atoms with E-state index in [-0.39, 0.29) is 0 Å². The number of nitrogen functional groups attached to an aromatic ring is 2. The van der Waals surface area contributed by atoms with Crippen LogP contribution >= 0.6 is 23.4 Å². The van der Waals surface area contributed by atoms with Crippen molar-refractivity contribution in [3.05, 3.63) is 34.9 Å². The van der Waals surface area contributed by atoms with Crippen LogP contribution in [-0.2, 0) is 6.54 Å². The first kappa shape index (κ1) is 14.4. The van der Waals surface area contributed by atoms with Crippen LogP contribution in [0.15, 0.2) is 34.3 Å². The number of anilines is 2. The van der Waals surface area contributed by atoms with Gasteiger partial charge in [0, 0.05) is 28.6 Å². The summed E-state index contributed by atoms with van der Waals surface area (Å²) in [6.45, 7) is 0.808. The predicted octanol–water partition coefficient (Wildman–Crippen LogP) is 2.70. The van der Waals surface area contributed by atoms with Crippen LogP contribution in [0.5, 0.6) is 0 Å². The Bertz CT molecular complexity index is 640. The molecule has 1 aromatic carbocycles. The second-order valence-electron chi connectivity index (χ2n) is 5.01. The molecular formula is C14H16ClN5S. The molecule has 1 saturated carbocycles. The highest BCUT2D eigenvalue weighted by Gasteiger charge is 2.20. The lowest BCUT2D eigenvalue weighted by molar-refractivity contribution is 0.680.